The molecule has 136 valence electrons. The molecule has 0 saturated carbocycles. The Morgan fingerprint density at radius 2 is 2.16 bits per heavy atom. The molecular weight excluding hydrogens is 345 g/mol. The quantitative estimate of drug-likeness (QED) is 0.857. The van der Waals surface area contributed by atoms with Crippen molar-refractivity contribution in [2.45, 2.75) is 31.7 Å². The first kappa shape index (κ1) is 18.1. The molecule has 0 aliphatic carbocycles. The Kier molecular flexibility index (Phi) is 5.91. The Bertz CT molecular complexity index is 649. The second-order valence-corrected chi connectivity index (χ2v) is 7.19. The molecular formula is C18H23ClFN3O2. The van der Waals surface area contributed by atoms with Gasteiger partial charge in [-0.05, 0) is 56.3 Å². The standard InChI is InChI=1S/C18H23ClFN3O2/c19-14-9-13(5-6-15(14)20)18(25)23-8-2-3-12(11-23)10-22-17(24)16-4-1-7-21-16/h5-6,9,12,16,21H,1-4,7-8,10-11H2,(H,22,24). The molecule has 2 aliphatic heterocycles. The van der Waals surface area contributed by atoms with Crippen LogP contribution in [-0.4, -0.2) is 48.9 Å². The van der Waals surface area contributed by atoms with Gasteiger partial charge in [-0.15, -0.1) is 0 Å². The van der Waals surface area contributed by atoms with E-state index < -0.39 is 5.82 Å². The normalized spacial score (nSPS) is 23.5. The number of hydrogen-bond donors (Lipinski definition) is 2. The third-order valence-electron chi connectivity index (χ3n) is 4.91. The van der Waals surface area contributed by atoms with E-state index in [-0.39, 0.29) is 28.8 Å². The molecule has 2 saturated heterocycles. The average molecular weight is 368 g/mol. The summed E-state index contributed by atoms with van der Waals surface area (Å²) < 4.78 is 13.3. The van der Waals surface area contributed by atoms with E-state index in [1.54, 1.807) is 4.90 Å². The first-order valence-corrected chi connectivity index (χ1v) is 9.18. The number of carbonyl (C=O) groups is 2. The summed E-state index contributed by atoms with van der Waals surface area (Å²) in [5.74, 6) is -0.390. The maximum Gasteiger partial charge on any atom is 0.253 e. The summed E-state index contributed by atoms with van der Waals surface area (Å²) in [6.45, 7) is 2.73. The average Bonchev–Trinajstić information content (AvgIpc) is 3.16. The van der Waals surface area contributed by atoms with E-state index in [4.69, 9.17) is 11.6 Å². The van der Waals surface area contributed by atoms with Crippen molar-refractivity contribution in [3.05, 3.63) is 34.6 Å². The SMILES string of the molecule is O=C(NCC1CCCN(C(=O)c2ccc(F)c(Cl)c2)C1)C1CCCN1. The smallest absolute Gasteiger partial charge is 0.253 e. The first-order chi connectivity index (χ1) is 12.0. The summed E-state index contributed by atoms with van der Waals surface area (Å²) in [5, 5.41) is 6.14. The third kappa shape index (κ3) is 4.50. The second-order valence-electron chi connectivity index (χ2n) is 6.78. The molecule has 25 heavy (non-hydrogen) atoms. The van der Waals surface area contributed by atoms with Crippen LogP contribution in [0.15, 0.2) is 18.2 Å². The minimum absolute atomic E-state index is 0.0456. The second kappa shape index (κ2) is 8.15. The highest BCUT2D eigenvalue weighted by Gasteiger charge is 2.27. The van der Waals surface area contributed by atoms with Crippen molar-refractivity contribution in [3.8, 4) is 0 Å². The summed E-state index contributed by atoms with van der Waals surface area (Å²) in [6, 6.07) is 3.96. The van der Waals surface area contributed by atoms with Gasteiger partial charge in [0.2, 0.25) is 5.91 Å². The van der Waals surface area contributed by atoms with E-state index in [2.05, 4.69) is 10.6 Å². The topological polar surface area (TPSA) is 61.4 Å². The molecule has 2 amide bonds. The minimum atomic E-state index is -0.530. The number of carbonyl (C=O) groups excluding carboxylic acids is 2. The van der Waals surface area contributed by atoms with Gasteiger partial charge in [0.1, 0.15) is 5.82 Å². The lowest BCUT2D eigenvalue weighted by atomic mass is 9.97. The van der Waals surface area contributed by atoms with Crippen LogP contribution in [-0.2, 0) is 4.79 Å². The summed E-state index contributed by atoms with van der Waals surface area (Å²) >= 11 is 5.77. The van der Waals surface area contributed by atoms with Crippen LogP contribution in [0.25, 0.3) is 0 Å². The number of benzene rings is 1. The summed E-state index contributed by atoms with van der Waals surface area (Å²) in [6.07, 6.45) is 3.78. The van der Waals surface area contributed by atoms with E-state index in [1.165, 1.54) is 18.2 Å². The monoisotopic (exact) mass is 367 g/mol. The van der Waals surface area contributed by atoms with Crippen LogP contribution in [0.3, 0.4) is 0 Å². The number of hydrogen-bond acceptors (Lipinski definition) is 3. The lowest BCUT2D eigenvalue weighted by Gasteiger charge is -2.33. The predicted octanol–water partition coefficient (Wildman–Crippen LogP) is 2.20. The Morgan fingerprint density at radius 1 is 1.32 bits per heavy atom. The molecule has 2 unspecified atom stereocenters. The maximum absolute atomic E-state index is 13.3. The maximum atomic E-state index is 13.3. The van der Waals surface area contributed by atoms with Crippen LogP contribution in [0.4, 0.5) is 4.39 Å². The molecule has 1 aromatic rings. The van der Waals surface area contributed by atoms with E-state index in [1.807, 2.05) is 0 Å². The predicted molar refractivity (Wildman–Crippen MR) is 94.1 cm³/mol. The molecule has 2 N–H and O–H groups in total. The number of nitrogens with zero attached hydrogens (tertiary/aromatic N) is 1. The summed E-state index contributed by atoms with van der Waals surface area (Å²) in [4.78, 5) is 26.5. The largest absolute Gasteiger partial charge is 0.354 e. The Morgan fingerprint density at radius 3 is 2.88 bits per heavy atom. The highest BCUT2D eigenvalue weighted by molar-refractivity contribution is 6.31. The molecule has 1 aromatic carbocycles. The molecule has 0 radical (unpaired) electrons. The third-order valence-corrected chi connectivity index (χ3v) is 5.20. The number of nitrogens with one attached hydrogen (secondary N) is 2. The van der Waals surface area contributed by atoms with Gasteiger partial charge in [-0.3, -0.25) is 9.59 Å². The molecule has 0 spiro atoms. The number of amides is 2. The van der Waals surface area contributed by atoms with Gasteiger partial charge in [0.15, 0.2) is 0 Å². The molecule has 2 aliphatic rings. The molecule has 5 nitrogen and oxygen atoms in total. The van der Waals surface area contributed by atoms with Crippen LogP contribution >= 0.6 is 11.6 Å². The van der Waals surface area contributed by atoms with E-state index in [9.17, 15) is 14.0 Å². The lowest BCUT2D eigenvalue weighted by molar-refractivity contribution is -0.123. The number of rotatable bonds is 4. The van der Waals surface area contributed by atoms with Gasteiger partial charge in [0.25, 0.3) is 5.91 Å². The first-order valence-electron chi connectivity index (χ1n) is 8.80. The molecule has 3 rings (SSSR count). The van der Waals surface area contributed by atoms with Gasteiger partial charge < -0.3 is 15.5 Å². The van der Waals surface area contributed by atoms with Crippen molar-refractivity contribution >= 4 is 23.4 Å². The van der Waals surface area contributed by atoms with Gasteiger partial charge in [0, 0.05) is 25.2 Å². The van der Waals surface area contributed by atoms with Gasteiger partial charge in [0.05, 0.1) is 11.1 Å². The van der Waals surface area contributed by atoms with Crippen molar-refractivity contribution in [2.75, 3.05) is 26.2 Å². The molecule has 2 atom stereocenters. The zero-order chi connectivity index (χ0) is 17.8. The fourth-order valence-electron chi connectivity index (χ4n) is 3.50. The van der Waals surface area contributed by atoms with Gasteiger partial charge in [-0.25, -0.2) is 4.39 Å². The molecule has 0 bridgehead atoms. The fraction of sp³-hybridized carbons (Fsp3) is 0.556. The lowest BCUT2D eigenvalue weighted by Crippen LogP contribution is -2.46. The zero-order valence-corrected chi connectivity index (χ0v) is 14.8. The summed E-state index contributed by atoms with van der Waals surface area (Å²) in [5.41, 5.74) is 0.395. The zero-order valence-electron chi connectivity index (χ0n) is 14.1. The molecule has 7 heteroatoms. The minimum Gasteiger partial charge on any atom is -0.354 e. The molecule has 2 fully saturated rings. The van der Waals surface area contributed by atoms with Crippen molar-refractivity contribution in [1.82, 2.24) is 15.5 Å². The molecule has 0 aromatic heterocycles. The Balaban J connectivity index is 1.54. The van der Waals surface area contributed by atoms with Crippen LogP contribution in [0.2, 0.25) is 5.02 Å². The summed E-state index contributed by atoms with van der Waals surface area (Å²) in [7, 11) is 0. The van der Waals surface area contributed by atoms with E-state index >= 15 is 0 Å². The van der Waals surface area contributed by atoms with Crippen molar-refractivity contribution in [2.24, 2.45) is 5.92 Å². The Hall–Kier alpha value is -1.66. The van der Waals surface area contributed by atoms with Gasteiger partial charge in [-0.1, -0.05) is 11.6 Å². The van der Waals surface area contributed by atoms with Crippen molar-refractivity contribution < 1.29 is 14.0 Å². The van der Waals surface area contributed by atoms with Crippen LogP contribution < -0.4 is 10.6 Å². The van der Waals surface area contributed by atoms with Crippen LogP contribution in [0, 0.1) is 11.7 Å². The van der Waals surface area contributed by atoms with Crippen molar-refractivity contribution in [3.63, 3.8) is 0 Å². The number of halogens is 2. The highest BCUT2D eigenvalue weighted by atomic mass is 35.5. The van der Waals surface area contributed by atoms with E-state index in [0.29, 0.717) is 25.2 Å². The fourth-order valence-corrected chi connectivity index (χ4v) is 3.68. The van der Waals surface area contributed by atoms with Gasteiger partial charge >= 0.3 is 0 Å². The number of piperidine rings is 1. The van der Waals surface area contributed by atoms with E-state index in [0.717, 1.165) is 32.2 Å². The highest BCUT2D eigenvalue weighted by Crippen LogP contribution is 2.21. The van der Waals surface area contributed by atoms with Crippen LogP contribution in [0.5, 0.6) is 0 Å². The number of likely N-dealkylation sites (tertiary alicyclic amines) is 1. The van der Waals surface area contributed by atoms with Crippen LogP contribution in [0.1, 0.15) is 36.0 Å². The van der Waals surface area contributed by atoms with Crippen molar-refractivity contribution in [1.29, 1.82) is 0 Å². The Labute approximate surface area is 151 Å². The van der Waals surface area contributed by atoms with Gasteiger partial charge in [-0.2, -0.15) is 0 Å². The molecule has 2 heterocycles.